The van der Waals surface area contributed by atoms with Gasteiger partial charge in [0.15, 0.2) is 0 Å². The van der Waals surface area contributed by atoms with Crippen molar-refractivity contribution in [2.75, 3.05) is 10.7 Å². The fourth-order valence-electron chi connectivity index (χ4n) is 2.11. The molecule has 0 atom stereocenters. The zero-order valence-corrected chi connectivity index (χ0v) is 14.3. The van der Waals surface area contributed by atoms with Crippen molar-refractivity contribution < 1.29 is 9.72 Å². The van der Waals surface area contributed by atoms with Crippen molar-refractivity contribution in [1.82, 2.24) is 20.4 Å². The Morgan fingerprint density at radius 1 is 1.07 bits per heavy atom. The first-order valence-corrected chi connectivity index (χ1v) is 7.92. The number of rotatable bonds is 6. The number of nitrogens with one attached hydrogen (secondary N) is 3. The van der Waals surface area contributed by atoms with Crippen molar-refractivity contribution in [3.63, 3.8) is 0 Å². The van der Waals surface area contributed by atoms with Crippen molar-refractivity contribution in [2.45, 2.75) is 0 Å². The van der Waals surface area contributed by atoms with Crippen LogP contribution in [0.25, 0.3) is 0 Å². The molecule has 136 valence electrons. The Labute approximate surface area is 157 Å². The van der Waals surface area contributed by atoms with Gasteiger partial charge in [-0.1, -0.05) is 23.7 Å². The van der Waals surface area contributed by atoms with Gasteiger partial charge in [0.1, 0.15) is 12.0 Å². The lowest BCUT2D eigenvalue weighted by Gasteiger charge is -2.11. The highest BCUT2D eigenvalue weighted by atomic mass is 35.5. The molecule has 3 rings (SSSR count). The molecule has 0 saturated heterocycles. The molecular formula is C16H12ClN7O3. The Balaban J connectivity index is 1.83. The van der Waals surface area contributed by atoms with Gasteiger partial charge in [-0.05, 0) is 30.3 Å². The molecular weight excluding hydrogens is 374 g/mol. The zero-order valence-electron chi connectivity index (χ0n) is 13.6. The number of nitro groups is 1. The number of amides is 1. The van der Waals surface area contributed by atoms with Crippen LogP contribution in [0.4, 0.5) is 23.0 Å². The fourth-order valence-corrected chi connectivity index (χ4v) is 2.30. The predicted molar refractivity (Wildman–Crippen MR) is 98.7 cm³/mol. The molecule has 2 aromatic heterocycles. The first-order chi connectivity index (χ1) is 13.0. The summed E-state index contributed by atoms with van der Waals surface area (Å²) in [4.78, 5) is 34.5. The largest absolute Gasteiger partial charge is 0.355 e. The van der Waals surface area contributed by atoms with E-state index < -0.39 is 16.5 Å². The van der Waals surface area contributed by atoms with E-state index in [1.54, 1.807) is 36.4 Å². The Morgan fingerprint density at radius 3 is 2.59 bits per heavy atom. The Bertz CT molecular complexity index is 985. The van der Waals surface area contributed by atoms with Crippen LogP contribution in [0.5, 0.6) is 0 Å². The standard InChI is InChI=1S/C16H12ClN7O3/c17-10-4-3-5-11(8-10)21-14-13(24(26)27)15(20-9-19-14)22-23-16(25)12-6-1-2-7-18-12/h1-9H,(H,23,25)(H2,19,20,21,22). The van der Waals surface area contributed by atoms with Gasteiger partial charge in [-0.3, -0.25) is 30.7 Å². The molecule has 0 fully saturated rings. The first-order valence-electron chi connectivity index (χ1n) is 7.54. The molecule has 0 bridgehead atoms. The Morgan fingerprint density at radius 2 is 1.89 bits per heavy atom. The Hall–Kier alpha value is -3.79. The normalized spacial score (nSPS) is 10.1. The number of halogens is 1. The van der Waals surface area contributed by atoms with Crippen LogP contribution < -0.4 is 16.2 Å². The number of carbonyl (C=O) groups excluding carboxylic acids is 1. The molecule has 2 heterocycles. The van der Waals surface area contributed by atoms with Gasteiger partial charge in [0.25, 0.3) is 5.91 Å². The van der Waals surface area contributed by atoms with Crippen LogP contribution in [0.3, 0.4) is 0 Å². The number of anilines is 3. The van der Waals surface area contributed by atoms with Crippen LogP contribution in [0.15, 0.2) is 55.0 Å². The summed E-state index contributed by atoms with van der Waals surface area (Å²) in [7, 11) is 0. The number of nitrogens with zero attached hydrogens (tertiary/aromatic N) is 4. The van der Waals surface area contributed by atoms with Gasteiger partial charge in [0.05, 0.1) is 4.92 Å². The maximum absolute atomic E-state index is 12.0. The molecule has 11 heteroatoms. The lowest BCUT2D eigenvalue weighted by atomic mass is 10.3. The van der Waals surface area contributed by atoms with E-state index in [2.05, 4.69) is 31.1 Å². The first kappa shape index (κ1) is 18.0. The summed E-state index contributed by atoms with van der Waals surface area (Å²) in [6.07, 6.45) is 2.57. The highest BCUT2D eigenvalue weighted by molar-refractivity contribution is 6.30. The highest BCUT2D eigenvalue weighted by Gasteiger charge is 2.24. The molecule has 0 unspecified atom stereocenters. The van der Waals surface area contributed by atoms with Crippen LogP contribution in [0, 0.1) is 10.1 Å². The molecule has 0 saturated carbocycles. The highest BCUT2D eigenvalue weighted by Crippen LogP contribution is 2.31. The number of aromatic nitrogens is 3. The van der Waals surface area contributed by atoms with Crippen molar-refractivity contribution in [2.24, 2.45) is 0 Å². The van der Waals surface area contributed by atoms with Gasteiger partial charge >= 0.3 is 5.69 Å². The van der Waals surface area contributed by atoms with E-state index in [4.69, 9.17) is 11.6 Å². The van der Waals surface area contributed by atoms with Crippen LogP contribution in [-0.4, -0.2) is 25.8 Å². The molecule has 1 aromatic carbocycles. The third kappa shape index (κ3) is 4.44. The topological polar surface area (TPSA) is 135 Å². The second-order valence-corrected chi connectivity index (χ2v) is 5.54. The summed E-state index contributed by atoms with van der Waals surface area (Å²) < 4.78 is 0. The van der Waals surface area contributed by atoms with E-state index in [9.17, 15) is 14.9 Å². The summed E-state index contributed by atoms with van der Waals surface area (Å²) in [6, 6.07) is 11.4. The number of pyridine rings is 1. The van der Waals surface area contributed by atoms with Gasteiger partial charge in [-0.25, -0.2) is 9.97 Å². The molecule has 27 heavy (non-hydrogen) atoms. The molecule has 0 aliphatic rings. The number of benzene rings is 1. The van der Waals surface area contributed by atoms with Crippen LogP contribution in [-0.2, 0) is 0 Å². The van der Waals surface area contributed by atoms with E-state index >= 15 is 0 Å². The minimum Gasteiger partial charge on any atom is -0.334 e. The second kappa shape index (κ2) is 8.06. The lowest BCUT2D eigenvalue weighted by molar-refractivity contribution is -0.383. The molecule has 3 N–H and O–H groups in total. The van der Waals surface area contributed by atoms with Gasteiger partial charge in [0.2, 0.25) is 11.6 Å². The maximum atomic E-state index is 12.0. The third-order valence-electron chi connectivity index (χ3n) is 3.28. The number of hydrogen-bond donors (Lipinski definition) is 3. The summed E-state index contributed by atoms with van der Waals surface area (Å²) in [5.74, 6) is -0.830. The third-order valence-corrected chi connectivity index (χ3v) is 3.52. The van der Waals surface area contributed by atoms with Crippen LogP contribution in [0.2, 0.25) is 5.02 Å². The van der Waals surface area contributed by atoms with Crippen molar-refractivity contribution in [1.29, 1.82) is 0 Å². The average molecular weight is 386 g/mol. The summed E-state index contributed by atoms with van der Waals surface area (Å²) in [5, 5.41) is 14.8. The van der Waals surface area contributed by atoms with Gasteiger partial charge in [-0.15, -0.1) is 0 Å². The molecule has 0 spiro atoms. The molecule has 10 nitrogen and oxygen atoms in total. The quantitative estimate of drug-likeness (QED) is 0.435. The van der Waals surface area contributed by atoms with E-state index in [1.807, 2.05) is 0 Å². The van der Waals surface area contributed by atoms with Crippen LogP contribution in [0.1, 0.15) is 10.5 Å². The summed E-state index contributed by atoms with van der Waals surface area (Å²) >= 11 is 5.92. The fraction of sp³-hybridized carbons (Fsp3) is 0. The predicted octanol–water partition coefficient (Wildman–Crippen LogP) is 2.93. The van der Waals surface area contributed by atoms with E-state index in [-0.39, 0.29) is 17.3 Å². The molecule has 0 radical (unpaired) electrons. The summed E-state index contributed by atoms with van der Waals surface area (Å²) in [6.45, 7) is 0. The minimum atomic E-state index is -0.665. The SMILES string of the molecule is O=C(NNc1ncnc(Nc2cccc(Cl)c2)c1[N+](=O)[O-])c1ccccn1. The van der Waals surface area contributed by atoms with Gasteiger partial charge < -0.3 is 5.32 Å². The number of hydrogen-bond acceptors (Lipinski definition) is 8. The minimum absolute atomic E-state index is 0.0631. The van der Waals surface area contributed by atoms with E-state index in [0.717, 1.165) is 6.33 Å². The smallest absolute Gasteiger partial charge is 0.334 e. The van der Waals surface area contributed by atoms with Gasteiger partial charge in [-0.2, -0.15) is 0 Å². The Kier molecular flexibility index (Phi) is 5.38. The number of hydrazine groups is 1. The van der Waals surface area contributed by atoms with Gasteiger partial charge in [0, 0.05) is 16.9 Å². The second-order valence-electron chi connectivity index (χ2n) is 5.11. The molecule has 1 amide bonds. The zero-order chi connectivity index (χ0) is 19.2. The van der Waals surface area contributed by atoms with Crippen molar-refractivity contribution in [3.8, 4) is 0 Å². The number of carbonyl (C=O) groups is 1. The van der Waals surface area contributed by atoms with Crippen molar-refractivity contribution in [3.05, 3.63) is 75.8 Å². The molecule has 0 aliphatic heterocycles. The maximum Gasteiger partial charge on any atom is 0.355 e. The van der Waals surface area contributed by atoms with E-state index in [1.165, 1.54) is 12.3 Å². The monoisotopic (exact) mass is 385 g/mol. The average Bonchev–Trinajstić information content (AvgIpc) is 2.66. The summed E-state index contributed by atoms with van der Waals surface area (Å²) in [5.41, 5.74) is 4.95. The van der Waals surface area contributed by atoms with Crippen LogP contribution >= 0.6 is 11.6 Å². The van der Waals surface area contributed by atoms with Crippen molar-refractivity contribution >= 4 is 40.5 Å². The lowest BCUT2D eigenvalue weighted by Crippen LogP contribution is -2.31. The molecule has 0 aliphatic carbocycles. The van der Waals surface area contributed by atoms with E-state index in [0.29, 0.717) is 10.7 Å². The molecule has 3 aromatic rings.